The Hall–Kier alpha value is -5.98. The van der Waals surface area contributed by atoms with E-state index < -0.39 is 19.5 Å². The first-order valence-electron chi connectivity index (χ1n) is 33.4. The third-order valence-corrected chi connectivity index (χ3v) is 22.1. The first-order valence-corrected chi connectivity index (χ1v) is 34.9. The van der Waals surface area contributed by atoms with Gasteiger partial charge < -0.3 is 29.2 Å². The van der Waals surface area contributed by atoms with Crippen molar-refractivity contribution in [3.63, 3.8) is 0 Å². The van der Waals surface area contributed by atoms with E-state index in [9.17, 15) is 19.2 Å². The highest BCUT2D eigenvalue weighted by Gasteiger charge is 2.44. The van der Waals surface area contributed by atoms with Crippen LogP contribution in [0.25, 0.3) is 43.6 Å². The number of para-hydroxylation sites is 4. The van der Waals surface area contributed by atoms with Gasteiger partial charge in [0.15, 0.2) is 0 Å². The molecule has 14 atom stereocenters. The summed E-state index contributed by atoms with van der Waals surface area (Å²) in [7, 11) is 2.73. The Morgan fingerprint density at radius 2 is 0.851 bits per heavy atom. The predicted molar refractivity (Wildman–Crippen MR) is 405 cm³/mol. The number of rotatable bonds is 20. The fraction of sp³-hybridized carbons (Fsp3) is 0.537. The lowest BCUT2D eigenvalue weighted by Crippen LogP contribution is -2.45. The highest BCUT2D eigenvalue weighted by molar-refractivity contribution is 9.10. The first kappa shape index (κ1) is 78.7. The van der Waals surface area contributed by atoms with Gasteiger partial charge in [-0.1, -0.05) is 225 Å². The summed E-state index contributed by atoms with van der Waals surface area (Å²) in [6.45, 7) is 26.8. The van der Waals surface area contributed by atoms with Crippen molar-refractivity contribution in [1.82, 2.24) is 19.8 Å². The van der Waals surface area contributed by atoms with Crippen molar-refractivity contribution in [1.29, 1.82) is 0 Å². The van der Waals surface area contributed by atoms with Gasteiger partial charge in [0.25, 0.3) is 0 Å². The summed E-state index contributed by atoms with van der Waals surface area (Å²) in [4.78, 5) is 49.8. The minimum atomic E-state index is -0.918. The third kappa shape index (κ3) is 17.8. The zero-order chi connectivity index (χ0) is 64.7. The van der Waals surface area contributed by atoms with E-state index in [1.807, 2.05) is 41.5 Å². The molecule has 2 aromatic heterocycles. The van der Waals surface area contributed by atoms with Crippen molar-refractivity contribution in [2.45, 2.75) is 171 Å². The normalized spacial score (nSPS) is 25.7. The molecule has 10 nitrogen and oxygen atoms in total. The number of nitrogens with zero attached hydrogens (tertiary/aromatic N) is 2. The SMILES string of the molecule is C.C.C.C.C1=CC2CC1CC2Cn1c2ccccc2c2ccccc21.C=CC1CC(/C=C\C2CC(C=C)C(Cn3c4ccccc4c4ccccc43)C2)C(CNC(=O)C(C)(C)CC(C)(Br)C(=O)OC)C1.CC.COC(=O)C(C)(Br)CC(C)(C)C(=O)NCC1CC2C=CC1C2. The molecule has 6 aliphatic carbocycles. The van der Waals surface area contributed by atoms with Crippen LogP contribution in [0.15, 0.2) is 159 Å². The number of alkyl halides is 2. The van der Waals surface area contributed by atoms with Gasteiger partial charge in [-0.25, -0.2) is 0 Å². The number of carbonyl (C=O) groups is 4. The number of methoxy groups -OCH3 is 2. The number of nitrogens with one attached hydrogen (secondary N) is 2. The molecule has 514 valence electrons. The summed E-state index contributed by atoms with van der Waals surface area (Å²) in [5.74, 6) is 6.33. The van der Waals surface area contributed by atoms with Gasteiger partial charge in [0, 0.05) is 80.6 Å². The van der Waals surface area contributed by atoms with Crippen LogP contribution in [0.3, 0.4) is 0 Å². The zero-order valence-corrected chi connectivity index (χ0v) is 58.4. The van der Waals surface area contributed by atoms with Crippen LogP contribution < -0.4 is 10.6 Å². The molecular formula is C82H116Br2N4O6. The van der Waals surface area contributed by atoms with E-state index >= 15 is 0 Å². The van der Waals surface area contributed by atoms with E-state index in [1.54, 1.807) is 13.8 Å². The van der Waals surface area contributed by atoms with E-state index in [0.29, 0.717) is 72.6 Å². The Labute approximate surface area is 582 Å². The molecule has 0 radical (unpaired) electrons. The molecule has 4 saturated carbocycles. The van der Waals surface area contributed by atoms with Gasteiger partial charge in [0.1, 0.15) is 8.65 Å². The summed E-state index contributed by atoms with van der Waals surface area (Å²) in [5.41, 5.74) is 4.03. The summed E-state index contributed by atoms with van der Waals surface area (Å²) in [5, 5.41) is 11.7. The first-order chi connectivity index (χ1) is 43.0. The Balaban J connectivity index is 0.000000273. The smallest absolute Gasteiger partial charge is 0.322 e. The molecule has 94 heavy (non-hydrogen) atoms. The van der Waals surface area contributed by atoms with Crippen molar-refractivity contribution >= 4 is 99.2 Å². The lowest BCUT2D eigenvalue weighted by molar-refractivity contribution is -0.145. The van der Waals surface area contributed by atoms with Gasteiger partial charge in [-0.15, -0.1) is 13.2 Å². The molecule has 0 aliphatic heterocycles. The van der Waals surface area contributed by atoms with Gasteiger partial charge in [0.2, 0.25) is 11.8 Å². The second kappa shape index (κ2) is 33.8. The Morgan fingerprint density at radius 1 is 0.479 bits per heavy atom. The number of hydrogen-bond acceptors (Lipinski definition) is 6. The molecule has 12 heteroatoms. The molecule has 4 bridgehead atoms. The lowest BCUT2D eigenvalue weighted by atomic mass is 9.82. The maximum Gasteiger partial charge on any atom is 0.322 e. The minimum absolute atomic E-state index is 0. The average Bonchev–Trinajstić information content (AvgIpc) is 1.61. The number of halogens is 2. The summed E-state index contributed by atoms with van der Waals surface area (Å²) in [6.07, 6.45) is 28.9. The molecule has 2 heterocycles. The number of hydrogen-bond donors (Lipinski definition) is 2. The van der Waals surface area contributed by atoms with Crippen molar-refractivity contribution in [2.24, 2.45) is 81.8 Å². The zero-order valence-electron chi connectivity index (χ0n) is 55.2. The van der Waals surface area contributed by atoms with E-state index in [0.717, 1.165) is 56.5 Å². The number of esters is 2. The molecule has 14 unspecified atom stereocenters. The molecule has 2 amide bonds. The molecule has 6 aromatic rings. The molecule has 0 saturated heterocycles. The standard InChI is InChI=1S/C39H49BrN2O3.C20H19N.C17H26BrNO3.C2H6.4CH4/c1-7-26-19-29(30(20-26)23-41-36(43)38(3,4)25-39(5,40)37(44)45-6)18-17-27-21-28(8-2)31(22-27)24-42-34-15-11-9-13-32(34)33-14-10-12-16-35(33)42;1-3-7-19-17(5-1)18-6-2-4-8-20(18)21(19)13-16-12-14-9-10-15(16)11-14;1-16(2,10-17(3,18)15(21)22-4)14(20)19-9-13-8-11-5-6-12(13)7-11;1-2;;;;/h7-18,26-31H,1-2,19-25H2,3-6H3,(H,41,43);1-10,14-16H,11-13H2;5-6,11-13H,7-10H2,1-4H3,(H,19,20);1-2H3;4*1H4/b18-17-;;;;;;;. The maximum absolute atomic E-state index is 13.3. The summed E-state index contributed by atoms with van der Waals surface area (Å²) in [6, 6.07) is 35.2. The fourth-order valence-electron chi connectivity index (χ4n) is 16.4. The van der Waals surface area contributed by atoms with Crippen LogP contribution >= 0.6 is 31.9 Å². The Morgan fingerprint density at radius 3 is 1.22 bits per heavy atom. The van der Waals surface area contributed by atoms with E-state index in [1.165, 1.54) is 90.1 Å². The van der Waals surface area contributed by atoms with Crippen molar-refractivity contribution in [3.8, 4) is 0 Å². The molecule has 4 fully saturated rings. The van der Waals surface area contributed by atoms with Crippen LogP contribution in [0.4, 0.5) is 0 Å². The quantitative estimate of drug-likeness (QED) is 0.0446. The molecule has 6 aliphatic rings. The molecular weight excluding hydrogens is 1300 g/mol. The number of fused-ring (bicyclic) bond motifs is 10. The molecule has 0 spiro atoms. The summed E-state index contributed by atoms with van der Waals surface area (Å²) < 4.78 is 13.0. The second-order valence-corrected chi connectivity index (χ2v) is 32.0. The largest absolute Gasteiger partial charge is 0.468 e. The van der Waals surface area contributed by atoms with Gasteiger partial charge >= 0.3 is 11.9 Å². The number of amides is 2. The van der Waals surface area contributed by atoms with Gasteiger partial charge in [-0.05, 0) is 173 Å². The second-order valence-electron chi connectivity index (χ2n) is 28.5. The Bertz CT molecular complexity index is 3510. The highest BCUT2D eigenvalue weighted by atomic mass is 79.9. The number of benzene rings is 4. The van der Waals surface area contributed by atoms with Crippen LogP contribution in [0, 0.1) is 81.8 Å². The minimum Gasteiger partial charge on any atom is -0.468 e. The molecule has 4 aromatic carbocycles. The lowest BCUT2D eigenvalue weighted by Gasteiger charge is -2.31. The summed E-state index contributed by atoms with van der Waals surface area (Å²) >= 11 is 6.87. The van der Waals surface area contributed by atoms with Gasteiger partial charge in [0.05, 0.1) is 14.2 Å². The van der Waals surface area contributed by atoms with Gasteiger partial charge in [-0.2, -0.15) is 0 Å². The Kier molecular flexibility index (Phi) is 28.3. The van der Waals surface area contributed by atoms with Crippen molar-refractivity contribution in [2.75, 3.05) is 27.3 Å². The van der Waals surface area contributed by atoms with Crippen LogP contribution in [0.2, 0.25) is 0 Å². The molecule has 2 N–H and O–H groups in total. The fourth-order valence-corrected chi connectivity index (χ4v) is 18.2. The highest BCUT2D eigenvalue weighted by Crippen LogP contribution is 2.47. The average molecular weight is 1410 g/mol. The maximum atomic E-state index is 13.3. The van der Waals surface area contributed by atoms with Crippen LogP contribution in [0.5, 0.6) is 0 Å². The predicted octanol–water partition coefficient (Wildman–Crippen LogP) is 20.5. The van der Waals surface area contributed by atoms with Crippen LogP contribution in [-0.2, 0) is 41.7 Å². The number of allylic oxidation sites excluding steroid dienone is 8. The van der Waals surface area contributed by atoms with Crippen LogP contribution in [0.1, 0.15) is 149 Å². The number of carbonyl (C=O) groups excluding carboxylic acids is 4. The van der Waals surface area contributed by atoms with Crippen molar-refractivity contribution < 1.29 is 28.7 Å². The third-order valence-electron chi connectivity index (χ3n) is 20.9. The van der Waals surface area contributed by atoms with E-state index in [-0.39, 0.29) is 53.5 Å². The van der Waals surface area contributed by atoms with Crippen molar-refractivity contribution in [3.05, 3.63) is 159 Å². The number of ether oxygens (including phenoxy) is 2. The van der Waals surface area contributed by atoms with E-state index in [2.05, 4.69) is 210 Å². The van der Waals surface area contributed by atoms with Crippen LogP contribution in [-0.4, -0.2) is 68.8 Å². The topological polar surface area (TPSA) is 121 Å². The van der Waals surface area contributed by atoms with E-state index in [4.69, 9.17) is 9.47 Å². The molecule has 12 rings (SSSR count). The number of aromatic nitrogens is 2. The monoisotopic (exact) mass is 1410 g/mol. The van der Waals surface area contributed by atoms with Gasteiger partial charge in [-0.3, -0.25) is 19.2 Å².